The second-order valence-electron chi connectivity index (χ2n) is 4.37. The van der Waals surface area contributed by atoms with Gasteiger partial charge in [0.2, 0.25) is 17.8 Å². The van der Waals surface area contributed by atoms with Crippen LogP contribution in [-0.2, 0) is 0 Å². The van der Waals surface area contributed by atoms with Crippen molar-refractivity contribution in [2.24, 2.45) is 5.84 Å². The number of urea groups is 1. The average molecular weight is 283 g/mol. The molecular weight excluding hydrogens is 262 g/mol. The van der Waals surface area contributed by atoms with E-state index < -0.39 is 0 Å². The molecule has 1 aromatic heterocycles. The first-order chi connectivity index (χ1) is 9.43. The molecule has 0 aliphatic rings. The van der Waals surface area contributed by atoms with Gasteiger partial charge in [-0.1, -0.05) is 0 Å². The molecule has 0 spiro atoms. The third-order valence-corrected chi connectivity index (χ3v) is 2.24. The van der Waals surface area contributed by atoms with Crippen LogP contribution >= 0.6 is 0 Å². The lowest BCUT2D eigenvalue weighted by Crippen LogP contribution is -2.37. The Labute approximate surface area is 117 Å². The summed E-state index contributed by atoms with van der Waals surface area (Å²) in [7, 11) is 6.99. The van der Waals surface area contributed by atoms with Crippen molar-refractivity contribution in [3.05, 3.63) is 0 Å². The van der Waals surface area contributed by atoms with Crippen LogP contribution in [0.4, 0.5) is 22.6 Å². The van der Waals surface area contributed by atoms with Crippen LogP contribution < -0.4 is 26.8 Å². The fourth-order valence-corrected chi connectivity index (χ4v) is 1.21. The minimum atomic E-state index is -0.152. The van der Waals surface area contributed by atoms with Gasteiger partial charge in [0.25, 0.3) is 0 Å². The fourth-order valence-electron chi connectivity index (χ4n) is 1.21. The van der Waals surface area contributed by atoms with Crippen molar-refractivity contribution in [1.29, 1.82) is 0 Å². The number of carbonyl (C=O) groups is 1. The first kappa shape index (κ1) is 15.7. The van der Waals surface area contributed by atoms with E-state index in [2.05, 4.69) is 31.0 Å². The molecule has 0 fully saturated rings. The van der Waals surface area contributed by atoms with Crippen LogP contribution in [-0.4, -0.2) is 67.2 Å². The lowest BCUT2D eigenvalue weighted by molar-refractivity contribution is 0.218. The second-order valence-corrected chi connectivity index (χ2v) is 4.37. The number of anilines is 3. The minimum Gasteiger partial charge on any atom is -0.352 e. The Kier molecular flexibility index (Phi) is 5.72. The summed E-state index contributed by atoms with van der Waals surface area (Å²) < 4.78 is 0. The molecule has 0 bridgehead atoms. The molecule has 0 radical (unpaired) electrons. The van der Waals surface area contributed by atoms with Gasteiger partial charge >= 0.3 is 6.03 Å². The highest BCUT2D eigenvalue weighted by Gasteiger charge is 2.07. The number of nitrogens with zero attached hydrogens (tertiary/aromatic N) is 5. The maximum Gasteiger partial charge on any atom is 0.316 e. The van der Waals surface area contributed by atoms with Gasteiger partial charge in [-0.15, -0.1) is 0 Å². The third kappa shape index (κ3) is 4.72. The summed E-state index contributed by atoms with van der Waals surface area (Å²) >= 11 is 0. The SMILES string of the molecule is CN(C)C(=O)NCCNc1nc(NN)nc(N(C)C)n1. The van der Waals surface area contributed by atoms with Crippen LogP contribution in [0.1, 0.15) is 0 Å². The van der Waals surface area contributed by atoms with Crippen LogP contribution in [0.15, 0.2) is 0 Å². The summed E-state index contributed by atoms with van der Waals surface area (Å²) in [5.41, 5.74) is 2.38. The van der Waals surface area contributed by atoms with E-state index in [1.165, 1.54) is 4.90 Å². The lowest BCUT2D eigenvalue weighted by atomic mass is 10.6. The van der Waals surface area contributed by atoms with Gasteiger partial charge in [0.1, 0.15) is 0 Å². The molecule has 0 aliphatic heterocycles. The largest absolute Gasteiger partial charge is 0.352 e. The number of nitrogens with two attached hydrogens (primary N) is 1. The molecule has 1 heterocycles. The molecule has 0 saturated heterocycles. The average Bonchev–Trinajstić information content (AvgIpc) is 2.42. The van der Waals surface area contributed by atoms with Gasteiger partial charge < -0.3 is 20.4 Å². The molecule has 10 heteroatoms. The second kappa shape index (κ2) is 7.28. The summed E-state index contributed by atoms with van der Waals surface area (Å²) in [6.45, 7) is 0.936. The maximum atomic E-state index is 11.3. The van der Waals surface area contributed by atoms with Gasteiger partial charge in [-0.05, 0) is 0 Å². The number of rotatable bonds is 6. The number of hydrogen-bond acceptors (Lipinski definition) is 8. The van der Waals surface area contributed by atoms with Crippen molar-refractivity contribution in [2.45, 2.75) is 0 Å². The maximum absolute atomic E-state index is 11.3. The number of hydrazine groups is 1. The number of aromatic nitrogens is 3. The first-order valence-electron chi connectivity index (χ1n) is 6.03. The molecule has 0 aliphatic carbocycles. The van der Waals surface area contributed by atoms with E-state index in [4.69, 9.17) is 5.84 Å². The molecule has 0 atom stereocenters. The lowest BCUT2D eigenvalue weighted by Gasteiger charge is -2.14. The normalized spacial score (nSPS) is 9.85. The molecular formula is C10H21N9O. The van der Waals surface area contributed by atoms with Crippen molar-refractivity contribution in [2.75, 3.05) is 56.9 Å². The van der Waals surface area contributed by atoms with E-state index in [1.54, 1.807) is 19.0 Å². The molecule has 0 saturated carbocycles. The molecule has 0 aromatic carbocycles. The molecule has 10 nitrogen and oxygen atoms in total. The summed E-state index contributed by atoms with van der Waals surface area (Å²) in [5, 5.41) is 5.71. The van der Waals surface area contributed by atoms with Crippen LogP contribution in [0.2, 0.25) is 0 Å². The van der Waals surface area contributed by atoms with Crippen LogP contribution in [0.5, 0.6) is 0 Å². The topological polar surface area (TPSA) is 124 Å². The van der Waals surface area contributed by atoms with E-state index in [0.717, 1.165) is 0 Å². The molecule has 1 rings (SSSR count). The van der Waals surface area contributed by atoms with E-state index in [1.807, 2.05) is 14.1 Å². The zero-order valence-electron chi connectivity index (χ0n) is 12.1. The molecule has 20 heavy (non-hydrogen) atoms. The predicted molar refractivity (Wildman–Crippen MR) is 77.5 cm³/mol. The van der Waals surface area contributed by atoms with Gasteiger partial charge in [0.15, 0.2) is 0 Å². The van der Waals surface area contributed by atoms with Gasteiger partial charge in [-0.25, -0.2) is 10.6 Å². The highest BCUT2D eigenvalue weighted by molar-refractivity contribution is 5.73. The summed E-state index contributed by atoms with van der Waals surface area (Å²) in [4.78, 5) is 26.9. The van der Waals surface area contributed by atoms with Gasteiger partial charge in [-0.2, -0.15) is 15.0 Å². The van der Waals surface area contributed by atoms with Crippen molar-refractivity contribution < 1.29 is 4.79 Å². The van der Waals surface area contributed by atoms with Crippen molar-refractivity contribution >= 4 is 23.9 Å². The Bertz CT molecular complexity index is 448. The molecule has 0 unspecified atom stereocenters. The zero-order chi connectivity index (χ0) is 15.1. The Morgan fingerprint density at radius 2 is 1.75 bits per heavy atom. The Hall–Kier alpha value is -2.36. The summed E-state index contributed by atoms with van der Waals surface area (Å²) in [6, 6.07) is -0.152. The van der Waals surface area contributed by atoms with E-state index in [9.17, 15) is 4.79 Å². The van der Waals surface area contributed by atoms with Gasteiger partial charge in [0, 0.05) is 41.3 Å². The minimum absolute atomic E-state index is 0.152. The van der Waals surface area contributed by atoms with Crippen LogP contribution in [0, 0.1) is 0 Å². The molecule has 5 N–H and O–H groups in total. The number of amides is 2. The highest BCUT2D eigenvalue weighted by atomic mass is 16.2. The zero-order valence-corrected chi connectivity index (χ0v) is 12.1. The van der Waals surface area contributed by atoms with Crippen molar-refractivity contribution in [3.8, 4) is 0 Å². The van der Waals surface area contributed by atoms with Crippen molar-refractivity contribution in [1.82, 2.24) is 25.2 Å². The quantitative estimate of drug-likeness (QED) is 0.295. The standard InChI is InChI=1S/C10H21N9O/c1-18(2)9-15-7(14-8(16-9)17-11)12-5-6-13-10(20)19(3)4/h5-6,11H2,1-4H3,(H,13,20)(H2,12,14,15,16,17). The molecule has 1 aromatic rings. The van der Waals surface area contributed by atoms with Crippen LogP contribution in [0.3, 0.4) is 0 Å². The van der Waals surface area contributed by atoms with E-state index in [0.29, 0.717) is 25.0 Å². The summed E-state index contributed by atoms with van der Waals surface area (Å²) in [5.74, 6) is 6.44. The predicted octanol–water partition coefficient (Wildman–Crippen LogP) is -1.09. The van der Waals surface area contributed by atoms with Gasteiger partial charge in [0.05, 0.1) is 0 Å². The molecule has 112 valence electrons. The first-order valence-corrected chi connectivity index (χ1v) is 6.03. The van der Waals surface area contributed by atoms with Gasteiger partial charge in [-0.3, -0.25) is 5.43 Å². The number of hydrogen-bond donors (Lipinski definition) is 4. The van der Waals surface area contributed by atoms with Crippen molar-refractivity contribution in [3.63, 3.8) is 0 Å². The molecule has 2 amide bonds. The van der Waals surface area contributed by atoms with E-state index >= 15 is 0 Å². The third-order valence-electron chi connectivity index (χ3n) is 2.24. The number of carbonyl (C=O) groups excluding carboxylic acids is 1. The fraction of sp³-hybridized carbons (Fsp3) is 0.600. The number of nitrogen functional groups attached to an aromatic ring is 1. The monoisotopic (exact) mass is 283 g/mol. The van der Waals surface area contributed by atoms with E-state index in [-0.39, 0.29) is 12.0 Å². The smallest absolute Gasteiger partial charge is 0.316 e. The summed E-state index contributed by atoms with van der Waals surface area (Å²) in [6.07, 6.45) is 0. The van der Waals surface area contributed by atoms with Crippen LogP contribution in [0.25, 0.3) is 0 Å². The highest BCUT2D eigenvalue weighted by Crippen LogP contribution is 2.09. The Balaban J connectivity index is 2.55. The Morgan fingerprint density at radius 3 is 2.30 bits per heavy atom. The number of nitrogens with one attached hydrogen (secondary N) is 3. The Morgan fingerprint density at radius 1 is 1.10 bits per heavy atom.